The molecule has 0 amide bonds. The van der Waals surface area contributed by atoms with Crippen molar-refractivity contribution in [2.75, 3.05) is 20.8 Å². The summed E-state index contributed by atoms with van der Waals surface area (Å²) in [4.78, 5) is 27.0. The number of ether oxygens (including phenoxy) is 3. The molecule has 4 rings (SSSR count). The third kappa shape index (κ3) is 4.80. The average molecular weight is 496 g/mol. The molecule has 2 aromatic rings. The van der Waals surface area contributed by atoms with Crippen molar-refractivity contribution in [3.63, 3.8) is 0 Å². The molecule has 6 nitrogen and oxygen atoms in total. The van der Waals surface area contributed by atoms with Crippen molar-refractivity contribution in [3.8, 4) is 11.5 Å². The Balaban J connectivity index is 1.84. The summed E-state index contributed by atoms with van der Waals surface area (Å²) in [5.41, 5.74) is 4.24. The van der Waals surface area contributed by atoms with E-state index in [0.717, 1.165) is 11.3 Å². The zero-order valence-electron chi connectivity index (χ0n) is 20.4. The van der Waals surface area contributed by atoms with Gasteiger partial charge in [-0.15, -0.1) is 0 Å². The SMILES string of the molecule is CCCOC(=O)C1=C(C)NC2=C(C(=O)CC(c3ccc(Cl)cc3)C2)C1c1cccc(OC)c1OC. The second-order valence-electron chi connectivity index (χ2n) is 8.79. The van der Waals surface area contributed by atoms with Gasteiger partial charge in [0.05, 0.1) is 32.3 Å². The topological polar surface area (TPSA) is 73.9 Å². The molecular weight excluding hydrogens is 466 g/mol. The van der Waals surface area contributed by atoms with E-state index in [4.69, 9.17) is 25.8 Å². The average Bonchev–Trinajstić information content (AvgIpc) is 2.86. The Morgan fingerprint density at radius 1 is 1.09 bits per heavy atom. The number of Topliss-reactive ketones (excluding diaryl/α,β-unsaturated/α-hetero) is 1. The Bertz CT molecular complexity index is 1200. The van der Waals surface area contributed by atoms with Crippen molar-refractivity contribution in [1.29, 1.82) is 0 Å². The van der Waals surface area contributed by atoms with Gasteiger partial charge in [0.15, 0.2) is 17.3 Å². The summed E-state index contributed by atoms with van der Waals surface area (Å²) in [5, 5.41) is 4.03. The van der Waals surface area contributed by atoms with E-state index in [9.17, 15) is 9.59 Å². The highest BCUT2D eigenvalue weighted by Gasteiger charge is 2.42. The number of ketones is 1. The lowest BCUT2D eigenvalue weighted by molar-refractivity contribution is -0.139. The van der Waals surface area contributed by atoms with E-state index in [1.807, 2.05) is 50.2 Å². The van der Waals surface area contributed by atoms with E-state index < -0.39 is 11.9 Å². The van der Waals surface area contributed by atoms with Gasteiger partial charge in [0, 0.05) is 34.0 Å². The molecule has 2 aliphatic rings. The lowest BCUT2D eigenvalue weighted by Gasteiger charge is -2.37. The molecule has 0 spiro atoms. The van der Waals surface area contributed by atoms with Gasteiger partial charge in [0.25, 0.3) is 0 Å². The predicted molar refractivity (Wildman–Crippen MR) is 135 cm³/mol. The van der Waals surface area contributed by atoms with Crippen LogP contribution in [0.5, 0.6) is 11.5 Å². The van der Waals surface area contributed by atoms with Gasteiger partial charge in [-0.3, -0.25) is 4.79 Å². The molecule has 1 heterocycles. The number of carbonyl (C=O) groups is 2. The summed E-state index contributed by atoms with van der Waals surface area (Å²) in [6.45, 7) is 4.09. The molecule has 7 heteroatoms. The van der Waals surface area contributed by atoms with Gasteiger partial charge in [0.2, 0.25) is 0 Å². The van der Waals surface area contributed by atoms with Crippen LogP contribution >= 0.6 is 11.6 Å². The number of methoxy groups -OCH3 is 2. The highest BCUT2D eigenvalue weighted by molar-refractivity contribution is 6.30. The van der Waals surface area contributed by atoms with Crippen molar-refractivity contribution in [3.05, 3.63) is 81.2 Å². The number of esters is 1. The molecular formula is C28H30ClNO5. The molecule has 0 saturated carbocycles. The zero-order chi connectivity index (χ0) is 25.1. The van der Waals surface area contributed by atoms with Crippen LogP contribution in [0.3, 0.4) is 0 Å². The Hall–Kier alpha value is -3.25. The third-order valence-corrected chi connectivity index (χ3v) is 6.82. The number of dihydropyridines is 1. The van der Waals surface area contributed by atoms with Crippen LogP contribution in [0.2, 0.25) is 5.02 Å². The van der Waals surface area contributed by atoms with Crippen LogP contribution in [0, 0.1) is 0 Å². The first kappa shape index (κ1) is 24.9. The van der Waals surface area contributed by atoms with Crippen LogP contribution < -0.4 is 14.8 Å². The Kier molecular flexibility index (Phi) is 7.51. The first-order valence-electron chi connectivity index (χ1n) is 11.8. The van der Waals surface area contributed by atoms with E-state index in [0.29, 0.717) is 64.8 Å². The van der Waals surface area contributed by atoms with Gasteiger partial charge in [-0.2, -0.15) is 0 Å². The summed E-state index contributed by atoms with van der Waals surface area (Å²) in [7, 11) is 3.12. The molecule has 2 atom stereocenters. The number of hydrogen-bond donors (Lipinski definition) is 1. The first-order valence-corrected chi connectivity index (χ1v) is 12.1. The van der Waals surface area contributed by atoms with Gasteiger partial charge in [-0.05, 0) is 49.4 Å². The fourth-order valence-electron chi connectivity index (χ4n) is 5.00. The number of halogens is 1. The zero-order valence-corrected chi connectivity index (χ0v) is 21.2. The number of nitrogens with one attached hydrogen (secondary N) is 1. The number of benzene rings is 2. The van der Waals surface area contributed by atoms with E-state index in [1.165, 1.54) is 0 Å². The fraction of sp³-hybridized carbons (Fsp3) is 0.357. The molecule has 1 aliphatic heterocycles. The number of para-hydroxylation sites is 1. The number of hydrogen-bond acceptors (Lipinski definition) is 6. The minimum Gasteiger partial charge on any atom is -0.493 e. The Morgan fingerprint density at radius 2 is 1.83 bits per heavy atom. The molecule has 1 N–H and O–H groups in total. The molecule has 35 heavy (non-hydrogen) atoms. The van der Waals surface area contributed by atoms with Gasteiger partial charge in [-0.1, -0.05) is 42.8 Å². The Morgan fingerprint density at radius 3 is 2.49 bits per heavy atom. The lowest BCUT2D eigenvalue weighted by atomic mass is 9.71. The number of rotatable bonds is 7. The van der Waals surface area contributed by atoms with E-state index in [-0.39, 0.29) is 11.7 Å². The second-order valence-corrected chi connectivity index (χ2v) is 9.22. The molecule has 0 bridgehead atoms. The molecule has 0 radical (unpaired) electrons. The van der Waals surface area contributed by atoms with Gasteiger partial charge >= 0.3 is 5.97 Å². The summed E-state index contributed by atoms with van der Waals surface area (Å²) in [6, 6.07) is 13.1. The second kappa shape index (κ2) is 10.6. The van der Waals surface area contributed by atoms with Crippen LogP contribution in [0.15, 0.2) is 65.0 Å². The van der Waals surface area contributed by atoms with Crippen molar-refractivity contribution < 1.29 is 23.8 Å². The van der Waals surface area contributed by atoms with Crippen molar-refractivity contribution in [2.24, 2.45) is 0 Å². The summed E-state index contributed by atoms with van der Waals surface area (Å²) >= 11 is 6.07. The molecule has 184 valence electrons. The number of carbonyl (C=O) groups excluding carboxylic acids is 2. The maximum absolute atomic E-state index is 13.7. The molecule has 0 saturated heterocycles. The molecule has 2 aromatic carbocycles. The normalized spacial score (nSPS) is 19.7. The smallest absolute Gasteiger partial charge is 0.336 e. The van der Waals surface area contributed by atoms with Crippen molar-refractivity contribution >= 4 is 23.4 Å². The maximum Gasteiger partial charge on any atom is 0.336 e. The highest BCUT2D eigenvalue weighted by Crippen LogP contribution is 2.49. The highest BCUT2D eigenvalue weighted by atomic mass is 35.5. The summed E-state index contributed by atoms with van der Waals surface area (Å²) < 4.78 is 16.8. The minimum atomic E-state index is -0.626. The summed E-state index contributed by atoms with van der Waals surface area (Å²) in [5.74, 6) is -0.0331. The van der Waals surface area contributed by atoms with Crippen LogP contribution in [0.4, 0.5) is 0 Å². The van der Waals surface area contributed by atoms with E-state index in [2.05, 4.69) is 5.32 Å². The van der Waals surface area contributed by atoms with Crippen molar-refractivity contribution in [2.45, 2.75) is 44.9 Å². The lowest BCUT2D eigenvalue weighted by Crippen LogP contribution is -2.36. The third-order valence-electron chi connectivity index (χ3n) is 6.57. The van der Waals surface area contributed by atoms with Crippen molar-refractivity contribution in [1.82, 2.24) is 5.32 Å². The summed E-state index contributed by atoms with van der Waals surface area (Å²) in [6.07, 6.45) is 1.68. The molecule has 1 aliphatic carbocycles. The first-order chi connectivity index (χ1) is 16.9. The van der Waals surface area contributed by atoms with Gasteiger partial charge in [0.1, 0.15) is 0 Å². The molecule has 0 fully saturated rings. The van der Waals surface area contributed by atoms with E-state index >= 15 is 0 Å². The number of allylic oxidation sites excluding steroid dienone is 3. The van der Waals surface area contributed by atoms with Gasteiger partial charge in [-0.25, -0.2) is 4.79 Å². The quantitative estimate of drug-likeness (QED) is 0.499. The van der Waals surface area contributed by atoms with Crippen LogP contribution in [-0.4, -0.2) is 32.6 Å². The predicted octanol–water partition coefficient (Wildman–Crippen LogP) is 5.67. The fourth-order valence-corrected chi connectivity index (χ4v) is 5.13. The largest absolute Gasteiger partial charge is 0.493 e. The Labute approximate surface area is 210 Å². The van der Waals surface area contributed by atoms with Crippen LogP contribution in [0.1, 0.15) is 56.1 Å². The van der Waals surface area contributed by atoms with Crippen LogP contribution in [-0.2, 0) is 14.3 Å². The minimum absolute atomic E-state index is 0.0122. The maximum atomic E-state index is 13.7. The molecule has 2 unspecified atom stereocenters. The monoisotopic (exact) mass is 495 g/mol. The standard InChI is InChI=1S/C28H30ClNO5/c1-5-13-35-28(32)24-16(2)30-21-14-18(17-9-11-19(29)12-10-17)15-22(31)26(21)25(24)20-7-6-8-23(33-3)27(20)34-4/h6-12,18,25,30H,5,13-15H2,1-4H3. The van der Waals surface area contributed by atoms with Crippen LogP contribution in [0.25, 0.3) is 0 Å². The van der Waals surface area contributed by atoms with Gasteiger partial charge < -0.3 is 19.5 Å². The molecule has 0 aromatic heterocycles. The van der Waals surface area contributed by atoms with E-state index in [1.54, 1.807) is 20.3 Å².